The molecule has 2 aromatic heterocycles. The molecule has 350 valence electrons. The lowest BCUT2D eigenvalue weighted by Crippen LogP contribution is -2.43. The van der Waals surface area contributed by atoms with Gasteiger partial charge in [0.05, 0.1) is 50.2 Å². The molecule has 0 unspecified atom stereocenters. The second-order valence-corrected chi connectivity index (χ2v) is 15.1. The van der Waals surface area contributed by atoms with Crippen LogP contribution in [0.25, 0.3) is 44.2 Å². The van der Waals surface area contributed by atoms with E-state index in [0.717, 1.165) is 61.9 Å². The number of hydrogen-bond acceptors (Lipinski definition) is 10. The maximum atomic E-state index is 14.0. The first-order valence-corrected chi connectivity index (χ1v) is 21.8. The summed E-state index contributed by atoms with van der Waals surface area (Å²) in [6, 6.07) is 22.6. The van der Waals surface area contributed by atoms with E-state index < -0.39 is 18.2 Å². The Hall–Kier alpha value is -7.38. The molecular weight excluding hydrogens is 841 g/mol. The molecule has 16 heteroatoms. The lowest BCUT2D eigenvalue weighted by atomic mass is 9.92. The number of H-pyrrole nitrogens is 2. The maximum Gasteiger partial charge on any atom is 0.407 e. The van der Waals surface area contributed by atoms with Gasteiger partial charge in [-0.2, -0.15) is 0 Å². The molecule has 6 aromatic rings. The van der Waals surface area contributed by atoms with Crippen molar-refractivity contribution in [2.24, 2.45) is 0 Å². The van der Waals surface area contributed by atoms with Crippen LogP contribution in [0, 0.1) is 12.8 Å². The highest BCUT2D eigenvalue weighted by atomic mass is 16.5. The van der Waals surface area contributed by atoms with Gasteiger partial charge in [-0.15, -0.1) is 12.8 Å². The van der Waals surface area contributed by atoms with Crippen molar-refractivity contribution >= 4 is 45.8 Å². The van der Waals surface area contributed by atoms with Crippen molar-refractivity contribution in [3.8, 4) is 41.0 Å². The molecule has 0 fully saturated rings. The third-order valence-corrected chi connectivity index (χ3v) is 10.1. The van der Waals surface area contributed by atoms with Gasteiger partial charge in [0.15, 0.2) is 0 Å². The molecule has 1 aliphatic heterocycles. The zero-order valence-corrected chi connectivity index (χ0v) is 39.2. The minimum absolute atomic E-state index is 0.162. The summed E-state index contributed by atoms with van der Waals surface area (Å²) < 4.78 is 20.0. The van der Waals surface area contributed by atoms with Crippen molar-refractivity contribution in [1.82, 2.24) is 40.4 Å². The van der Waals surface area contributed by atoms with Gasteiger partial charge in [0.25, 0.3) is 0 Å². The highest BCUT2D eigenvalue weighted by Gasteiger charge is 2.29. The monoisotopic (exact) mass is 902 g/mol. The summed E-state index contributed by atoms with van der Waals surface area (Å²) >= 11 is 0. The molecule has 7 rings (SSSR count). The van der Waals surface area contributed by atoms with Gasteiger partial charge in [-0.3, -0.25) is 9.59 Å². The molecule has 0 bridgehead atoms. The van der Waals surface area contributed by atoms with Gasteiger partial charge in [0.1, 0.15) is 36.6 Å². The topological polar surface area (TPSA) is 193 Å². The Labute approximate surface area is 386 Å². The average molecular weight is 903 g/mol. The Morgan fingerprint density at radius 3 is 2.14 bits per heavy atom. The number of ether oxygens (including phenoxy) is 4. The number of carbonyl (C=O) groups excluding carboxylic acids is 4. The van der Waals surface area contributed by atoms with Crippen LogP contribution in [0.5, 0.6) is 5.75 Å². The van der Waals surface area contributed by atoms with Crippen molar-refractivity contribution in [2.45, 2.75) is 72.7 Å². The van der Waals surface area contributed by atoms with Crippen LogP contribution in [0.2, 0.25) is 0 Å². The van der Waals surface area contributed by atoms with Crippen LogP contribution in [-0.4, -0.2) is 102 Å². The van der Waals surface area contributed by atoms with E-state index in [2.05, 4.69) is 80.0 Å². The zero-order valence-electron chi connectivity index (χ0n) is 39.2. The van der Waals surface area contributed by atoms with E-state index in [0.29, 0.717) is 43.3 Å². The van der Waals surface area contributed by atoms with E-state index in [1.165, 1.54) is 20.6 Å². The number of benzene rings is 4. The number of rotatable bonds is 14. The summed E-state index contributed by atoms with van der Waals surface area (Å²) in [5.74, 6) is 1.50. The van der Waals surface area contributed by atoms with Gasteiger partial charge in [-0.25, -0.2) is 19.6 Å². The number of imidazole rings is 2. The van der Waals surface area contributed by atoms with E-state index in [-0.39, 0.29) is 31.4 Å². The number of aromatic nitrogens is 4. The van der Waals surface area contributed by atoms with Crippen LogP contribution in [0.4, 0.5) is 9.59 Å². The molecule has 16 nitrogen and oxygen atoms in total. The van der Waals surface area contributed by atoms with E-state index >= 15 is 0 Å². The van der Waals surface area contributed by atoms with Crippen molar-refractivity contribution < 1.29 is 38.1 Å². The van der Waals surface area contributed by atoms with Crippen LogP contribution in [0.15, 0.2) is 79.0 Å². The minimum atomic E-state index is -0.923. The molecule has 0 radical (unpaired) electrons. The Balaban J connectivity index is 0.00000111. The number of hydrogen-bond donors (Lipinski definition) is 4. The number of amides is 4. The average Bonchev–Trinajstić information content (AvgIpc) is 3.99. The van der Waals surface area contributed by atoms with Gasteiger partial charge in [-0.1, -0.05) is 82.6 Å². The SMILES string of the molecule is C#C.CCC.CCCN(Cc1ncc(-c2ccc3c(c2)COc2cc4c(ccc5[nH]c(CN(CCC)C(=O)[C@H](NC(=O)OC)c6ccccc6)nc54)cc2-3)[nH]1)C(=O)CNC(=O)OC.COC. The number of alkyl carbamates (subject to hydrolysis) is 2. The largest absolute Gasteiger partial charge is 0.488 e. The molecule has 4 N–H and O–H groups in total. The third-order valence-electron chi connectivity index (χ3n) is 10.1. The molecule has 0 saturated carbocycles. The highest BCUT2D eigenvalue weighted by Crippen LogP contribution is 2.42. The molecule has 66 heavy (non-hydrogen) atoms. The summed E-state index contributed by atoms with van der Waals surface area (Å²) in [6.45, 7) is 9.90. The Kier molecular flexibility index (Phi) is 20.0. The Morgan fingerprint density at radius 2 is 1.47 bits per heavy atom. The maximum absolute atomic E-state index is 14.0. The van der Waals surface area contributed by atoms with Crippen LogP contribution in [0.1, 0.15) is 75.8 Å². The molecule has 4 aromatic carbocycles. The molecule has 0 spiro atoms. The first kappa shape index (κ1) is 51.3. The van der Waals surface area contributed by atoms with E-state index in [4.69, 9.17) is 14.5 Å². The molecule has 0 aliphatic carbocycles. The van der Waals surface area contributed by atoms with Crippen LogP contribution in [0.3, 0.4) is 0 Å². The molecule has 1 atom stereocenters. The first-order valence-electron chi connectivity index (χ1n) is 21.8. The quantitative estimate of drug-likeness (QED) is 0.0771. The first-order chi connectivity index (χ1) is 32.0. The molecular formula is C50H62N8O8. The molecule has 1 aliphatic rings. The van der Waals surface area contributed by atoms with Crippen molar-refractivity contribution in [1.29, 1.82) is 0 Å². The molecule has 4 amide bonds. The van der Waals surface area contributed by atoms with E-state index in [1.807, 2.05) is 56.3 Å². The van der Waals surface area contributed by atoms with Gasteiger partial charge < -0.3 is 49.3 Å². The van der Waals surface area contributed by atoms with E-state index in [1.54, 1.807) is 42.3 Å². The minimum Gasteiger partial charge on any atom is -0.488 e. The second-order valence-electron chi connectivity index (χ2n) is 15.1. The van der Waals surface area contributed by atoms with Crippen LogP contribution < -0.4 is 15.4 Å². The molecule has 3 heterocycles. The number of nitrogens with zero attached hydrogens (tertiary/aromatic N) is 4. The van der Waals surface area contributed by atoms with Gasteiger partial charge >= 0.3 is 12.2 Å². The number of fused-ring (bicyclic) bond motifs is 6. The van der Waals surface area contributed by atoms with Crippen molar-refractivity contribution in [3.63, 3.8) is 0 Å². The van der Waals surface area contributed by atoms with Gasteiger partial charge in [-0.05, 0) is 64.7 Å². The number of carbonyl (C=O) groups is 4. The summed E-state index contributed by atoms with van der Waals surface area (Å²) in [6.07, 6.45) is 11.1. The molecule has 0 saturated heterocycles. The zero-order chi connectivity index (χ0) is 48.2. The Morgan fingerprint density at radius 1 is 0.803 bits per heavy atom. The van der Waals surface area contributed by atoms with Gasteiger partial charge in [0, 0.05) is 38.3 Å². The summed E-state index contributed by atoms with van der Waals surface area (Å²) in [5, 5.41) is 7.06. The third kappa shape index (κ3) is 13.1. The lowest BCUT2D eigenvalue weighted by Gasteiger charge is -2.27. The number of terminal acetylenes is 1. The summed E-state index contributed by atoms with van der Waals surface area (Å²) in [4.78, 5) is 70.1. The van der Waals surface area contributed by atoms with E-state index in [9.17, 15) is 19.2 Å². The smallest absolute Gasteiger partial charge is 0.407 e. The summed E-state index contributed by atoms with van der Waals surface area (Å²) in [7, 11) is 5.77. The second kappa shape index (κ2) is 25.8. The van der Waals surface area contributed by atoms with Crippen molar-refractivity contribution in [2.75, 3.05) is 48.1 Å². The lowest BCUT2D eigenvalue weighted by molar-refractivity contribution is -0.134. The van der Waals surface area contributed by atoms with Crippen LogP contribution >= 0.6 is 0 Å². The number of methoxy groups -OCH3 is 3. The van der Waals surface area contributed by atoms with Crippen LogP contribution in [-0.2, 0) is 43.5 Å². The number of nitrogens with one attached hydrogen (secondary N) is 4. The predicted molar refractivity (Wildman–Crippen MR) is 256 cm³/mol. The predicted octanol–water partition coefficient (Wildman–Crippen LogP) is 8.52. The Bertz CT molecular complexity index is 2550. The standard InChI is InChI=1S/C43H46N8O7.C3H8.C2H6O.C2H2/c1-5-16-50(38(52)22-45-42(54)56-3)23-36-44-21-34(47-36)28-12-14-30-29(18-28)25-58-35-20-31-27(19-32(30)35)13-15-33-40(31)48-37(46-33)24-51(17-6-2)41(53)39(49-43(55)57-4)26-10-8-7-9-11-26;2*1-3-2;1-2/h7-15,18-21,39H,5-6,16-17,22-25H2,1-4H3,(H,44,47)(H,45,54)(H,46,48)(H,49,55);3H2,1-2H3;1-2H3;1-2H/t39-;;;/m1.../s1. The fourth-order valence-corrected chi connectivity index (χ4v) is 7.25. The number of aromatic amines is 2. The highest BCUT2D eigenvalue weighted by molar-refractivity contribution is 6.07. The summed E-state index contributed by atoms with van der Waals surface area (Å²) in [5.41, 5.74) is 7.06. The van der Waals surface area contributed by atoms with Gasteiger partial charge in [0.2, 0.25) is 11.8 Å². The fourth-order valence-electron chi connectivity index (χ4n) is 7.25. The normalized spacial score (nSPS) is 11.3. The fraction of sp³-hybridized carbons (Fsp3) is 0.360. The van der Waals surface area contributed by atoms with Crippen molar-refractivity contribution in [3.05, 3.63) is 102 Å².